The fourth-order valence-electron chi connectivity index (χ4n) is 1.61. The van der Waals surface area contributed by atoms with Crippen LogP contribution in [0, 0.1) is 0 Å². The average molecular weight is 239 g/mol. The standard InChI is InChI=1S/C12H17NO4/c1-13-6-10(15)8-4-9(7-14)12(17-3)11(5-8)16-2/h4-5,7,10,13,15H,6H2,1-3H3. The summed E-state index contributed by atoms with van der Waals surface area (Å²) < 4.78 is 10.2. The van der Waals surface area contributed by atoms with Gasteiger partial charge >= 0.3 is 0 Å². The molecule has 0 heterocycles. The number of hydrogen-bond acceptors (Lipinski definition) is 5. The fourth-order valence-corrected chi connectivity index (χ4v) is 1.61. The molecule has 5 heteroatoms. The summed E-state index contributed by atoms with van der Waals surface area (Å²) in [6, 6.07) is 3.25. The number of aliphatic hydroxyl groups excluding tert-OH is 1. The van der Waals surface area contributed by atoms with E-state index in [0.29, 0.717) is 35.5 Å². The Hall–Kier alpha value is -1.59. The Balaban J connectivity index is 3.21. The number of aliphatic hydroxyl groups is 1. The lowest BCUT2D eigenvalue weighted by molar-refractivity contribution is 0.111. The van der Waals surface area contributed by atoms with Crippen molar-refractivity contribution in [3.63, 3.8) is 0 Å². The van der Waals surface area contributed by atoms with E-state index in [1.54, 1.807) is 19.2 Å². The van der Waals surface area contributed by atoms with E-state index in [2.05, 4.69) is 5.32 Å². The monoisotopic (exact) mass is 239 g/mol. The van der Waals surface area contributed by atoms with E-state index in [9.17, 15) is 9.90 Å². The predicted octanol–water partition coefficient (Wildman–Crippen LogP) is 0.769. The van der Waals surface area contributed by atoms with Gasteiger partial charge in [-0.1, -0.05) is 0 Å². The molecule has 0 radical (unpaired) electrons. The largest absolute Gasteiger partial charge is 0.493 e. The summed E-state index contributed by atoms with van der Waals surface area (Å²) >= 11 is 0. The number of hydrogen-bond donors (Lipinski definition) is 2. The van der Waals surface area contributed by atoms with E-state index in [1.165, 1.54) is 14.2 Å². The molecule has 0 spiro atoms. The molecule has 0 fully saturated rings. The van der Waals surface area contributed by atoms with E-state index in [-0.39, 0.29) is 0 Å². The zero-order valence-corrected chi connectivity index (χ0v) is 10.2. The quantitative estimate of drug-likeness (QED) is 0.718. The van der Waals surface area contributed by atoms with Crippen molar-refractivity contribution >= 4 is 6.29 Å². The van der Waals surface area contributed by atoms with Gasteiger partial charge in [0.1, 0.15) is 0 Å². The third-order valence-electron chi connectivity index (χ3n) is 2.44. The van der Waals surface area contributed by atoms with Crippen LogP contribution in [0.2, 0.25) is 0 Å². The molecular weight excluding hydrogens is 222 g/mol. The highest BCUT2D eigenvalue weighted by molar-refractivity contribution is 5.81. The van der Waals surface area contributed by atoms with Gasteiger partial charge in [0.05, 0.1) is 25.9 Å². The van der Waals surface area contributed by atoms with Gasteiger partial charge < -0.3 is 19.9 Å². The Morgan fingerprint density at radius 3 is 2.59 bits per heavy atom. The van der Waals surface area contributed by atoms with Crippen LogP contribution in [0.5, 0.6) is 11.5 Å². The minimum Gasteiger partial charge on any atom is -0.493 e. The summed E-state index contributed by atoms with van der Waals surface area (Å²) in [6.45, 7) is 0.397. The van der Waals surface area contributed by atoms with Gasteiger partial charge in [-0.3, -0.25) is 4.79 Å². The molecule has 0 aliphatic carbocycles. The molecule has 1 atom stereocenters. The third kappa shape index (κ3) is 2.95. The molecule has 0 bridgehead atoms. The van der Waals surface area contributed by atoms with Gasteiger partial charge in [0.15, 0.2) is 17.8 Å². The summed E-state index contributed by atoms with van der Waals surface area (Å²) in [5.74, 6) is 0.810. The van der Waals surface area contributed by atoms with Crippen molar-refractivity contribution in [3.05, 3.63) is 23.3 Å². The van der Waals surface area contributed by atoms with Crippen molar-refractivity contribution in [2.24, 2.45) is 0 Å². The van der Waals surface area contributed by atoms with Crippen molar-refractivity contribution in [2.45, 2.75) is 6.10 Å². The van der Waals surface area contributed by atoms with Crippen molar-refractivity contribution in [3.8, 4) is 11.5 Å². The molecule has 0 aliphatic heterocycles. The molecule has 5 nitrogen and oxygen atoms in total. The lowest BCUT2D eigenvalue weighted by Gasteiger charge is -2.15. The van der Waals surface area contributed by atoms with Gasteiger partial charge in [0.25, 0.3) is 0 Å². The number of carbonyl (C=O) groups excluding carboxylic acids is 1. The molecule has 94 valence electrons. The molecule has 2 N–H and O–H groups in total. The number of carbonyl (C=O) groups is 1. The van der Waals surface area contributed by atoms with Crippen LogP contribution in [0.15, 0.2) is 12.1 Å². The highest BCUT2D eigenvalue weighted by atomic mass is 16.5. The maximum Gasteiger partial charge on any atom is 0.171 e. The zero-order chi connectivity index (χ0) is 12.8. The summed E-state index contributed by atoms with van der Waals surface area (Å²) in [5.41, 5.74) is 0.969. The lowest BCUT2D eigenvalue weighted by Crippen LogP contribution is -2.17. The van der Waals surface area contributed by atoms with Crippen LogP contribution < -0.4 is 14.8 Å². The van der Waals surface area contributed by atoms with Gasteiger partial charge in [-0.25, -0.2) is 0 Å². The number of benzene rings is 1. The fraction of sp³-hybridized carbons (Fsp3) is 0.417. The third-order valence-corrected chi connectivity index (χ3v) is 2.44. The number of rotatable bonds is 6. The zero-order valence-electron chi connectivity index (χ0n) is 10.2. The molecule has 0 saturated heterocycles. The van der Waals surface area contributed by atoms with Gasteiger partial charge in [-0.15, -0.1) is 0 Å². The van der Waals surface area contributed by atoms with Gasteiger partial charge in [0.2, 0.25) is 0 Å². The summed E-state index contributed by atoms with van der Waals surface area (Å²) in [5, 5.41) is 12.7. The van der Waals surface area contributed by atoms with Crippen molar-refractivity contribution in [2.75, 3.05) is 27.8 Å². The van der Waals surface area contributed by atoms with Crippen molar-refractivity contribution in [1.29, 1.82) is 0 Å². The van der Waals surface area contributed by atoms with E-state index in [1.807, 2.05) is 0 Å². The minimum absolute atomic E-state index is 0.358. The molecule has 17 heavy (non-hydrogen) atoms. The Kier molecular flexibility index (Phi) is 4.93. The summed E-state index contributed by atoms with van der Waals surface area (Å²) in [7, 11) is 4.69. The number of methoxy groups -OCH3 is 2. The highest BCUT2D eigenvalue weighted by Crippen LogP contribution is 2.33. The second kappa shape index (κ2) is 6.22. The number of nitrogens with one attached hydrogen (secondary N) is 1. The SMILES string of the molecule is CNCC(O)c1cc(C=O)c(OC)c(OC)c1. The molecular formula is C12H17NO4. The Morgan fingerprint density at radius 2 is 2.12 bits per heavy atom. The second-order valence-corrected chi connectivity index (χ2v) is 3.54. The molecule has 1 rings (SSSR count). The van der Waals surface area contributed by atoms with Crippen LogP contribution in [0.4, 0.5) is 0 Å². The number of likely N-dealkylation sites (N-methyl/N-ethyl adjacent to an activating group) is 1. The maximum atomic E-state index is 11.0. The van der Waals surface area contributed by atoms with E-state index < -0.39 is 6.10 Å². The van der Waals surface area contributed by atoms with Gasteiger partial charge in [-0.2, -0.15) is 0 Å². The number of ether oxygens (including phenoxy) is 2. The van der Waals surface area contributed by atoms with Crippen LogP contribution in [0.1, 0.15) is 22.0 Å². The molecule has 0 amide bonds. The smallest absolute Gasteiger partial charge is 0.171 e. The van der Waals surface area contributed by atoms with Crippen molar-refractivity contribution < 1.29 is 19.4 Å². The topological polar surface area (TPSA) is 67.8 Å². The van der Waals surface area contributed by atoms with Crippen LogP contribution in [0.3, 0.4) is 0 Å². The summed E-state index contributed by atoms with van der Waals surface area (Å²) in [4.78, 5) is 11.0. The molecule has 1 aromatic rings. The second-order valence-electron chi connectivity index (χ2n) is 3.54. The van der Waals surface area contributed by atoms with Gasteiger partial charge in [0, 0.05) is 6.54 Å². The Bertz CT molecular complexity index is 392. The summed E-state index contributed by atoms with van der Waals surface area (Å²) in [6.07, 6.45) is -0.0183. The van der Waals surface area contributed by atoms with Crippen LogP contribution in [0.25, 0.3) is 0 Å². The van der Waals surface area contributed by atoms with E-state index >= 15 is 0 Å². The van der Waals surface area contributed by atoms with Crippen LogP contribution >= 0.6 is 0 Å². The van der Waals surface area contributed by atoms with Gasteiger partial charge in [-0.05, 0) is 24.7 Å². The maximum absolute atomic E-state index is 11.0. The first-order valence-corrected chi connectivity index (χ1v) is 5.21. The Morgan fingerprint density at radius 1 is 1.41 bits per heavy atom. The van der Waals surface area contributed by atoms with E-state index in [4.69, 9.17) is 9.47 Å². The van der Waals surface area contributed by atoms with Crippen LogP contribution in [-0.2, 0) is 0 Å². The van der Waals surface area contributed by atoms with Crippen LogP contribution in [-0.4, -0.2) is 39.2 Å². The van der Waals surface area contributed by atoms with E-state index in [0.717, 1.165) is 0 Å². The molecule has 0 aromatic heterocycles. The Labute approximate surface area is 100 Å². The normalized spacial score (nSPS) is 12.0. The lowest BCUT2D eigenvalue weighted by atomic mass is 10.0. The first-order valence-electron chi connectivity index (χ1n) is 5.21. The predicted molar refractivity (Wildman–Crippen MR) is 63.8 cm³/mol. The first kappa shape index (κ1) is 13.5. The highest BCUT2D eigenvalue weighted by Gasteiger charge is 2.15. The molecule has 0 saturated carbocycles. The average Bonchev–Trinajstić information content (AvgIpc) is 2.37. The molecule has 0 aliphatic rings. The molecule has 1 aromatic carbocycles. The molecule has 1 unspecified atom stereocenters. The minimum atomic E-state index is -0.696. The first-order chi connectivity index (χ1) is 8.17. The number of aldehydes is 1. The van der Waals surface area contributed by atoms with Crippen molar-refractivity contribution in [1.82, 2.24) is 5.32 Å².